The maximum atomic E-state index is 11.2. The highest BCUT2D eigenvalue weighted by atomic mass is 35.5. The minimum Gasteiger partial charge on any atom is -0.379 e. The monoisotopic (exact) mass is 343 g/mol. The number of hydrogen-bond donors (Lipinski definition) is 1. The number of nitrogens with one attached hydrogen (secondary N) is 1. The van der Waals surface area contributed by atoms with Gasteiger partial charge in [-0.1, -0.05) is 29.8 Å². The van der Waals surface area contributed by atoms with Crippen LogP contribution in [-0.2, 0) is 4.79 Å². The van der Waals surface area contributed by atoms with Crippen molar-refractivity contribution in [3.05, 3.63) is 53.3 Å². The summed E-state index contributed by atoms with van der Waals surface area (Å²) < 4.78 is 1.52. The SMILES string of the molecule is CC(=O)NOc1cccc(-n2cnnn2)c1-c1cccc(Cl)c1C. The zero-order valence-corrected chi connectivity index (χ0v) is 13.8. The van der Waals surface area contributed by atoms with E-state index in [-0.39, 0.29) is 5.91 Å². The Bertz CT molecular complexity index is 880. The lowest BCUT2D eigenvalue weighted by molar-refractivity contribution is -0.125. The van der Waals surface area contributed by atoms with E-state index < -0.39 is 0 Å². The smallest absolute Gasteiger partial charge is 0.249 e. The van der Waals surface area contributed by atoms with Gasteiger partial charge in [-0.25, -0.2) is 0 Å². The van der Waals surface area contributed by atoms with E-state index in [2.05, 4.69) is 21.0 Å². The molecule has 0 radical (unpaired) electrons. The lowest BCUT2D eigenvalue weighted by Gasteiger charge is -2.16. The van der Waals surface area contributed by atoms with Gasteiger partial charge in [0.25, 0.3) is 0 Å². The molecular formula is C16H14ClN5O2. The van der Waals surface area contributed by atoms with Crippen molar-refractivity contribution >= 4 is 17.5 Å². The Labute approximate surface area is 143 Å². The summed E-state index contributed by atoms with van der Waals surface area (Å²) in [5.41, 5.74) is 5.51. The number of hydrogen-bond acceptors (Lipinski definition) is 5. The van der Waals surface area contributed by atoms with Gasteiger partial charge in [0.05, 0.1) is 11.3 Å². The molecule has 24 heavy (non-hydrogen) atoms. The van der Waals surface area contributed by atoms with Crippen molar-refractivity contribution in [1.82, 2.24) is 25.7 Å². The molecule has 1 heterocycles. The molecule has 1 aromatic heterocycles. The summed E-state index contributed by atoms with van der Waals surface area (Å²) in [6, 6.07) is 11.0. The van der Waals surface area contributed by atoms with E-state index >= 15 is 0 Å². The zero-order chi connectivity index (χ0) is 17.1. The second-order valence-electron chi connectivity index (χ2n) is 5.08. The molecule has 0 spiro atoms. The molecule has 0 aliphatic heterocycles. The fraction of sp³-hybridized carbons (Fsp3) is 0.125. The quantitative estimate of drug-likeness (QED) is 0.736. The van der Waals surface area contributed by atoms with E-state index in [1.807, 2.05) is 31.2 Å². The summed E-state index contributed by atoms with van der Waals surface area (Å²) in [7, 11) is 0. The van der Waals surface area contributed by atoms with Crippen LogP contribution in [0.3, 0.4) is 0 Å². The fourth-order valence-corrected chi connectivity index (χ4v) is 2.52. The number of carbonyl (C=O) groups excluding carboxylic acids is 1. The molecule has 0 saturated heterocycles. The molecule has 0 aliphatic rings. The van der Waals surface area contributed by atoms with Gasteiger partial charge in [0.15, 0.2) is 5.75 Å². The summed E-state index contributed by atoms with van der Waals surface area (Å²) in [6.07, 6.45) is 1.49. The van der Waals surface area contributed by atoms with E-state index in [0.29, 0.717) is 16.5 Å². The first-order valence-electron chi connectivity index (χ1n) is 7.13. The number of tetrazole rings is 1. The molecule has 122 valence electrons. The van der Waals surface area contributed by atoms with Crippen LogP contribution in [0.2, 0.25) is 5.02 Å². The number of aromatic nitrogens is 4. The number of rotatable bonds is 4. The minimum absolute atomic E-state index is 0.309. The standard InChI is InChI=1S/C16H14ClN5O2/c1-10-12(5-3-6-13(10)17)16-14(22-9-18-20-21-22)7-4-8-15(16)24-19-11(2)23/h3-9H,1-2H3,(H,19,23). The number of benzene rings is 2. The Morgan fingerprint density at radius 1 is 1.25 bits per heavy atom. The second kappa shape index (κ2) is 6.67. The predicted molar refractivity (Wildman–Crippen MR) is 88.8 cm³/mol. The van der Waals surface area contributed by atoms with E-state index in [1.54, 1.807) is 12.1 Å². The molecule has 0 saturated carbocycles. The first-order valence-corrected chi connectivity index (χ1v) is 7.51. The van der Waals surface area contributed by atoms with Crippen LogP contribution in [0, 0.1) is 6.92 Å². The Morgan fingerprint density at radius 3 is 2.75 bits per heavy atom. The Hall–Kier alpha value is -2.93. The summed E-state index contributed by atoms with van der Waals surface area (Å²) in [4.78, 5) is 16.7. The molecule has 3 aromatic rings. The highest BCUT2D eigenvalue weighted by Gasteiger charge is 2.18. The highest BCUT2D eigenvalue weighted by Crippen LogP contribution is 2.38. The maximum Gasteiger partial charge on any atom is 0.249 e. The number of hydroxylamine groups is 1. The van der Waals surface area contributed by atoms with Gasteiger partial charge < -0.3 is 4.84 Å². The van der Waals surface area contributed by atoms with Gasteiger partial charge in [-0.2, -0.15) is 10.2 Å². The Kier molecular flexibility index (Phi) is 4.43. The predicted octanol–water partition coefficient (Wildman–Crippen LogP) is 2.72. The van der Waals surface area contributed by atoms with E-state index in [9.17, 15) is 4.79 Å². The number of carbonyl (C=O) groups is 1. The van der Waals surface area contributed by atoms with Crippen LogP contribution in [0.25, 0.3) is 16.8 Å². The van der Waals surface area contributed by atoms with Crippen LogP contribution in [0.1, 0.15) is 12.5 Å². The average molecular weight is 344 g/mol. The summed E-state index contributed by atoms with van der Waals surface area (Å²) in [6.45, 7) is 3.28. The molecule has 3 rings (SSSR count). The second-order valence-corrected chi connectivity index (χ2v) is 5.48. The van der Waals surface area contributed by atoms with Crippen molar-refractivity contribution in [2.45, 2.75) is 13.8 Å². The third-order valence-electron chi connectivity index (χ3n) is 3.44. The van der Waals surface area contributed by atoms with Gasteiger partial charge in [0.2, 0.25) is 5.91 Å². The van der Waals surface area contributed by atoms with E-state index in [1.165, 1.54) is 17.9 Å². The lowest BCUT2D eigenvalue weighted by atomic mass is 9.98. The molecule has 8 heteroatoms. The molecule has 0 unspecified atom stereocenters. The van der Waals surface area contributed by atoms with Crippen molar-refractivity contribution in [2.24, 2.45) is 0 Å². The fourth-order valence-electron chi connectivity index (χ4n) is 2.34. The van der Waals surface area contributed by atoms with Crippen molar-refractivity contribution in [3.63, 3.8) is 0 Å². The van der Waals surface area contributed by atoms with Crippen LogP contribution in [0.4, 0.5) is 0 Å². The van der Waals surface area contributed by atoms with E-state index in [0.717, 1.165) is 16.7 Å². The summed E-state index contributed by atoms with van der Waals surface area (Å²) in [5.74, 6) is 0.153. The van der Waals surface area contributed by atoms with Crippen LogP contribution >= 0.6 is 11.6 Å². The number of amides is 1. The van der Waals surface area contributed by atoms with E-state index in [4.69, 9.17) is 16.4 Å². The van der Waals surface area contributed by atoms with Crippen molar-refractivity contribution in [2.75, 3.05) is 0 Å². The molecular weight excluding hydrogens is 330 g/mol. The van der Waals surface area contributed by atoms with Crippen LogP contribution in [0.15, 0.2) is 42.7 Å². The van der Waals surface area contributed by atoms with Gasteiger partial charge in [-0.3, -0.25) is 4.79 Å². The average Bonchev–Trinajstić information content (AvgIpc) is 3.09. The molecule has 2 aromatic carbocycles. The van der Waals surface area contributed by atoms with Gasteiger partial charge in [0, 0.05) is 11.9 Å². The van der Waals surface area contributed by atoms with Gasteiger partial charge in [-0.05, 0) is 46.7 Å². The van der Waals surface area contributed by atoms with Gasteiger partial charge >= 0.3 is 0 Å². The molecule has 0 fully saturated rings. The van der Waals surface area contributed by atoms with Gasteiger partial charge in [-0.15, -0.1) is 5.10 Å². The van der Waals surface area contributed by atoms with Crippen LogP contribution in [0.5, 0.6) is 5.75 Å². The number of nitrogens with zero attached hydrogens (tertiary/aromatic N) is 4. The Balaban J connectivity index is 2.23. The normalized spacial score (nSPS) is 10.5. The minimum atomic E-state index is -0.309. The first kappa shape index (κ1) is 15.9. The first-order chi connectivity index (χ1) is 11.6. The molecule has 1 N–H and O–H groups in total. The van der Waals surface area contributed by atoms with Gasteiger partial charge in [0.1, 0.15) is 6.33 Å². The van der Waals surface area contributed by atoms with Crippen LogP contribution in [-0.4, -0.2) is 26.1 Å². The molecule has 1 amide bonds. The summed E-state index contributed by atoms with van der Waals surface area (Å²) >= 11 is 6.26. The molecule has 7 nitrogen and oxygen atoms in total. The van der Waals surface area contributed by atoms with Crippen molar-refractivity contribution in [1.29, 1.82) is 0 Å². The molecule has 0 aliphatic carbocycles. The Morgan fingerprint density at radius 2 is 2.04 bits per heavy atom. The third kappa shape index (κ3) is 3.07. The summed E-state index contributed by atoms with van der Waals surface area (Å²) in [5, 5.41) is 11.9. The largest absolute Gasteiger partial charge is 0.379 e. The third-order valence-corrected chi connectivity index (χ3v) is 3.85. The highest BCUT2D eigenvalue weighted by molar-refractivity contribution is 6.31. The van der Waals surface area contributed by atoms with Crippen molar-refractivity contribution < 1.29 is 9.63 Å². The molecule has 0 atom stereocenters. The van der Waals surface area contributed by atoms with Crippen molar-refractivity contribution in [3.8, 4) is 22.6 Å². The lowest BCUT2D eigenvalue weighted by Crippen LogP contribution is -2.24. The van der Waals surface area contributed by atoms with Crippen LogP contribution < -0.4 is 10.3 Å². The topological polar surface area (TPSA) is 81.9 Å². The molecule has 0 bridgehead atoms. The number of halogens is 1. The maximum absolute atomic E-state index is 11.2. The zero-order valence-electron chi connectivity index (χ0n) is 13.0.